The van der Waals surface area contributed by atoms with Crippen LogP contribution in [0.25, 0.3) is 11.3 Å². The van der Waals surface area contributed by atoms with E-state index in [0.717, 1.165) is 34.6 Å². The number of benzene rings is 2. The van der Waals surface area contributed by atoms with Crippen molar-refractivity contribution in [2.45, 2.75) is 19.6 Å². The van der Waals surface area contributed by atoms with E-state index >= 15 is 0 Å². The largest absolute Gasteiger partial charge is 0.846 e. The van der Waals surface area contributed by atoms with Crippen molar-refractivity contribution in [3.05, 3.63) is 83.9 Å². The number of anilines is 1. The fraction of sp³-hybridized carbons (Fsp3) is 0.136. The number of nitrogens with one attached hydrogen (secondary N) is 1. The predicted octanol–water partition coefficient (Wildman–Crippen LogP) is 3.25. The Morgan fingerprint density at radius 3 is 2.61 bits per heavy atom. The predicted molar refractivity (Wildman–Crippen MR) is 110 cm³/mol. The van der Waals surface area contributed by atoms with E-state index in [1.807, 2.05) is 31.2 Å². The minimum absolute atomic E-state index is 0.0376. The average Bonchev–Trinajstić information content (AvgIpc) is 3.21. The summed E-state index contributed by atoms with van der Waals surface area (Å²) in [6, 6.07) is 11.0. The molecule has 8 nitrogen and oxygen atoms in total. The second-order valence-electron chi connectivity index (χ2n) is 7.05. The van der Waals surface area contributed by atoms with Crippen LogP contribution in [0.2, 0.25) is 0 Å². The van der Waals surface area contributed by atoms with Gasteiger partial charge >= 0.3 is 12.1 Å². The van der Waals surface area contributed by atoms with Crippen LogP contribution < -0.4 is 15.1 Å². The van der Waals surface area contributed by atoms with E-state index in [-0.39, 0.29) is 11.6 Å². The Kier molecular flexibility index (Phi) is 6.03. The van der Waals surface area contributed by atoms with Crippen molar-refractivity contribution < 1.29 is 27.5 Å². The van der Waals surface area contributed by atoms with Crippen LogP contribution in [0, 0.1) is 6.92 Å². The number of halogens is 3. The molecule has 0 aliphatic carbocycles. The van der Waals surface area contributed by atoms with Crippen LogP contribution in [0.1, 0.15) is 16.8 Å². The monoisotopic (exact) mass is 454 g/mol. The smallest absolute Gasteiger partial charge is 0.416 e. The Morgan fingerprint density at radius 1 is 1.12 bits per heavy atom. The minimum Gasteiger partial charge on any atom is -0.846 e. The summed E-state index contributed by atoms with van der Waals surface area (Å²) in [5.41, 5.74) is 2.55. The molecule has 0 amide bonds. The highest BCUT2D eigenvalue weighted by Gasteiger charge is 2.30. The third-order valence-corrected chi connectivity index (χ3v) is 4.60. The zero-order valence-corrected chi connectivity index (χ0v) is 17.2. The zero-order valence-electron chi connectivity index (χ0n) is 17.2. The zero-order chi connectivity index (χ0) is 23.4. The molecule has 0 spiro atoms. The lowest BCUT2D eigenvalue weighted by Crippen LogP contribution is -2.35. The molecular weight excluding hydrogens is 437 g/mol. The molecule has 0 radical (unpaired) electrons. The van der Waals surface area contributed by atoms with Gasteiger partial charge in [0.15, 0.2) is 0 Å². The number of aromatic nitrogens is 4. The molecule has 0 aliphatic heterocycles. The van der Waals surface area contributed by atoms with Crippen LogP contribution in [0.3, 0.4) is 0 Å². The third-order valence-electron chi connectivity index (χ3n) is 4.60. The summed E-state index contributed by atoms with van der Waals surface area (Å²) >= 11 is 0. The number of aliphatic imine (C=N–C) groups is 1. The fourth-order valence-corrected chi connectivity index (χ4v) is 3.06. The fourth-order valence-electron chi connectivity index (χ4n) is 3.06. The Hall–Kier alpha value is -4.28. The minimum atomic E-state index is -4.51. The molecule has 11 heteroatoms. The van der Waals surface area contributed by atoms with Crippen LogP contribution in [-0.4, -0.2) is 21.3 Å². The highest BCUT2D eigenvalue weighted by Crippen LogP contribution is 2.30. The number of aryl methyl sites for hydroxylation is 1. The maximum atomic E-state index is 12.8. The van der Waals surface area contributed by atoms with E-state index in [9.17, 15) is 18.3 Å². The standard InChI is InChI=1S/C22H17F3N6O2/c1-14-20(27-10-9-26-14)16-7-5-15(6-8-16)12-31-13-19(33-30-31)29-21(32)28-18-4-2-3-17(11-18)22(23,24)25/h2-11,13H,12H2,1H3,(H-,28,29,30,32). The molecule has 0 aliphatic rings. The summed E-state index contributed by atoms with van der Waals surface area (Å²) in [4.78, 5) is 12.2. The number of hydrogen-bond donors (Lipinski definition) is 1. The number of rotatable bonds is 5. The SMILES string of the molecule is Cc1nccnc1-c1ccc(C[n+]2cc(N=C([O-])Nc3cccc(C(F)(F)F)c3)on2)cc1. The molecule has 168 valence electrons. The molecule has 1 N–H and O–H groups in total. The Balaban J connectivity index is 1.42. The molecule has 0 atom stereocenters. The molecule has 0 fully saturated rings. The van der Waals surface area contributed by atoms with Crippen molar-refractivity contribution in [2.24, 2.45) is 4.99 Å². The highest BCUT2D eigenvalue weighted by molar-refractivity contribution is 5.87. The van der Waals surface area contributed by atoms with Crippen LogP contribution >= 0.6 is 0 Å². The highest BCUT2D eigenvalue weighted by atomic mass is 19.4. The lowest BCUT2D eigenvalue weighted by Gasteiger charge is -2.14. The van der Waals surface area contributed by atoms with Crippen LogP contribution in [0.5, 0.6) is 0 Å². The van der Waals surface area contributed by atoms with Gasteiger partial charge in [0.1, 0.15) is 0 Å². The molecule has 2 heterocycles. The van der Waals surface area contributed by atoms with Gasteiger partial charge in [0, 0.05) is 29.2 Å². The first-order valence-electron chi connectivity index (χ1n) is 9.71. The van der Waals surface area contributed by atoms with Crippen LogP contribution in [-0.2, 0) is 12.7 Å². The Morgan fingerprint density at radius 2 is 1.88 bits per heavy atom. The lowest BCUT2D eigenvalue weighted by atomic mass is 10.1. The van der Waals surface area contributed by atoms with E-state index in [1.54, 1.807) is 12.4 Å². The number of nitrogens with zero attached hydrogens (tertiary/aromatic N) is 5. The second-order valence-corrected chi connectivity index (χ2v) is 7.05. The molecule has 2 aromatic heterocycles. The lowest BCUT2D eigenvalue weighted by molar-refractivity contribution is -0.754. The van der Waals surface area contributed by atoms with Crippen LogP contribution in [0.4, 0.5) is 24.7 Å². The van der Waals surface area contributed by atoms with Crippen LogP contribution in [0.15, 0.2) is 76.6 Å². The molecule has 0 unspecified atom stereocenters. The number of hydrogen-bond acceptors (Lipinski definition) is 6. The van der Waals surface area contributed by atoms with Gasteiger partial charge in [-0.05, 0) is 29.8 Å². The summed E-state index contributed by atoms with van der Waals surface area (Å²) in [5.74, 6) is -0.0914. The normalized spacial score (nSPS) is 12.1. The summed E-state index contributed by atoms with van der Waals surface area (Å²) in [5, 5.41) is 18.1. The van der Waals surface area contributed by atoms with E-state index < -0.39 is 17.8 Å². The quantitative estimate of drug-likeness (QED) is 0.282. The third kappa shape index (κ3) is 5.50. The first-order chi connectivity index (χ1) is 15.8. The molecule has 0 saturated carbocycles. The van der Waals surface area contributed by atoms with E-state index in [1.165, 1.54) is 23.0 Å². The summed E-state index contributed by atoms with van der Waals surface area (Å²) in [7, 11) is 0. The number of amidine groups is 1. The van der Waals surface area contributed by atoms with Gasteiger partial charge in [0.05, 0.1) is 23.0 Å². The van der Waals surface area contributed by atoms with Crippen molar-refractivity contribution in [3.8, 4) is 11.3 Å². The molecule has 2 aromatic carbocycles. The van der Waals surface area contributed by atoms with Gasteiger partial charge in [-0.25, -0.2) is 4.99 Å². The molecule has 4 aromatic rings. The van der Waals surface area contributed by atoms with Gasteiger partial charge in [0.2, 0.25) is 11.8 Å². The van der Waals surface area contributed by atoms with Crippen molar-refractivity contribution in [2.75, 3.05) is 5.32 Å². The number of alkyl halides is 3. The van der Waals surface area contributed by atoms with Gasteiger partial charge in [0.25, 0.3) is 6.20 Å². The molecular formula is C22H17F3N6O2. The summed E-state index contributed by atoms with van der Waals surface area (Å²) in [6.45, 7) is 2.24. The molecule has 33 heavy (non-hydrogen) atoms. The molecule has 0 saturated heterocycles. The maximum absolute atomic E-state index is 12.8. The van der Waals surface area contributed by atoms with Crippen molar-refractivity contribution in [1.29, 1.82) is 0 Å². The second kappa shape index (κ2) is 9.07. The molecule has 4 rings (SSSR count). The summed E-state index contributed by atoms with van der Waals surface area (Å²) in [6.07, 6.45) is 0.166. The van der Waals surface area contributed by atoms with Gasteiger partial charge in [-0.15, -0.1) is 0 Å². The topological polar surface area (TPSA) is 103 Å². The average molecular weight is 454 g/mol. The van der Waals surface area contributed by atoms with Crippen molar-refractivity contribution in [1.82, 2.24) is 15.2 Å². The first kappa shape index (κ1) is 21.9. The Labute approximate surface area is 186 Å². The first-order valence-corrected chi connectivity index (χ1v) is 9.71. The van der Waals surface area contributed by atoms with Gasteiger partial charge in [-0.1, -0.05) is 30.3 Å². The molecule has 0 bridgehead atoms. The van der Waals surface area contributed by atoms with E-state index in [4.69, 9.17) is 4.52 Å². The maximum Gasteiger partial charge on any atom is 0.416 e. The van der Waals surface area contributed by atoms with Crippen molar-refractivity contribution >= 4 is 17.6 Å². The van der Waals surface area contributed by atoms with E-state index in [2.05, 4.69) is 25.5 Å². The van der Waals surface area contributed by atoms with Crippen molar-refractivity contribution in [3.63, 3.8) is 0 Å². The Bertz CT molecular complexity index is 1290. The van der Waals surface area contributed by atoms with Gasteiger partial charge in [-0.3, -0.25) is 14.5 Å². The summed E-state index contributed by atoms with van der Waals surface area (Å²) < 4.78 is 44.8. The van der Waals surface area contributed by atoms with E-state index in [0.29, 0.717) is 6.54 Å². The van der Waals surface area contributed by atoms with Gasteiger partial charge < -0.3 is 10.4 Å². The van der Waals surface area contributed by atoms with Gasteiger partial charge in [-0.2, -0.15) is 13.2 Å².